The smallest absolute Gasteiger partial charge is 0.268 e. The minimum absolute atomic E-state index is 0.0809. The van der Waals surface area contributed by atoms with E-state index in [9.17, 15) is 4.79 Å². The van der Waals surface area contributed by atoms with Gasteiger partial charge in [0.25, 0.3) is 5.56 Å². The van der Waals surface area contributed by atoms with Crippen molar-refractivity contribution < 1.29 is 0 Å². The van der Waals surface area contributed by atoms with E-state index >= 15 is 0 Å². The largest absolute Gasteiger partial charge is 0.293 e. The molecule has 0 bridgehead atoms. The Morgan fingerprint density at radius 3 is 2.85 bits per heavy atom. The highest BCUT2D eigenvalue weighted by Gasteiger charge is 2.32. The lowest BCUT2D eigenvalue weighted by molar-refractivity contribution is 0.218. The van der Waals surface area contributed by atoms with Gasteiger partial charge in [0.2, 0.25) is 5.95 Å². The highest BCUT2D eigenvalue weighted by molar-refractivity contribution is 7.18. The van der Waals surface area contributed by atoms with Crippen LogP contribution in [0, 0.1) is 11.3 Å². The number of aryl methyl sites for hydroxylation is 1. The van der Waals surface area contributed by atoms with Gasteiger partial charge >= 0.3 is 0 Å². The number of nitrogens with two attached hydrogens (primary N) is 1. The predicted molar refractivity (Wildman–Crippen MR) is 106 cm³/mol. The van der Waals surface area contributed by atoms with E-state index in [0.717, 1.165) is 29.5 Å². The Morgan fingerprint density at radius 2 is 2.19 bits per heavy atom. The van der Waals surface area contributed by atoms with Gasteiger partial charge in [-0.1, -0.05) is 20.8 Å². The molecular weight excluding hydrogens is 346 g/mol. The maximum Gasteiger partial charge on any atom is 0.268 e. The number of nitrogens with one attached hydrogen (secondary N) is 1. The molecular formula is C19H23N5OS. The maximum absolute atomic E-state index is 13.3. The van der Waals surface area contributed by atoms with Crippen molar-refractivity contribution in [1.29, 1.82) is 0 Å². The van der Waals surface area contributed by atoms with Gasteiger partial charge in [0.05, 0.1) is 17.3 Å². The van der Waals surface area contributed by atoms with Crippen LogP contribution in [-0.4, -0.2) is 14.5 Å². The molecule has 4 rings (SSSR count). The zero-order valence-electron chi connectivity index (χ0n) is 15.2. The molecule has 3 aromatic heterocycles. The molecule has 0 aromatic carbocycles. The molecule has 0 radical (unpaired) electrons. The molecule has 0 amide bonds. The summed E-state index contributed by atoms with van der Waals surface area (Å²) in [5.74, 6) is 6.62. The van der Waals surface area contributed by atoms with E-state index in [2.05, 4.69) is 36.2 Å². The average Bonchev–Trinajstić information content (AvgIpc) is 2.99. The quantitative estimate of drug-likeness (QED) is 0.535. The number of hydrogen-bond acceptors (Lipinski definition) is 6. The Labute approximate surface area is 156 Å². The van der Waals surface area contributed by atoms with E-state index in [-0.39, 0.29) is 11.0 Å². The fraction of sp³-hybridized carbons (Fsp3) is 0.421. The summed E-state index contributed by atoms with van der Waals surface area (Å²) < 4.78 is 1.51. The molecule has 3 aromatic rings. The Morgan fingerprint density at radius 1 is 1.38 bits per heavy atom. The second-order valence-corrected chi connectivity index (χ2v) is 9.00. The van der Waals surface area contributed by atoms with Crippen molar-refractivity contribution in [2.75, 3.05) is 5.43 Å². The third-order valence-electron chi connectivity index (χ3n) is 5.34. The van der Waals surface area contributed by atoms with Crippen LogP contribution in [0.3, 0.4) is 0 Å². The molecule has 3 N–H and O–H groups in total. The number of fused-ring (bicyclic) bond motifs is 3. The lowest BCUT2D eigenvalue weighted by Gasteiger charge is -2.33. The number of hydrazine groups is 1. The Hall–Kier alpha value is -2.25. The lowest BCUT2D eigenvalue weighted by Crippen LogP contribution is -2.28. The summed E-state index contributed by atoms with van der Waals surface area (Å²) in [6.07, 6.45) is 6.36. The van der Waals surface area contributed by atoms with Gasteiger partial charge in [0.15, 0.2) is 0 Å². The Balaban J connectivity index is 1.93. The van der Waals surface area contributed by atoms with Gasteiger partial charge in [0, 0.05) is 11.1 Å². The molecule has 1 aliphatic rings. The molecule has 0 aliphatic heterocycles. The second-order valence-electron chi connectivity index (χ2n) is 7.92. The van der Waals surface area contributed by atoms with Crippen molar-refractivity contribution >= 4 is 27.5 Å². The second kappa shape index (κ2) is 6.17. The third-order valence-corrected chi connectivity index (χ3v) is 6.49. The maximum atomic E-state index is 13.3. The monoisotopic (exact) mass is 369 g/mol. The number of pyridine rings is 1. The molecule has 1 atom stereocenters. The summed E-state index contributed by atoms with van der Waals surface area (Å²) in [5.41, 5.74) is 4.58. The minimum Gasteiger partial charge on any atom is -0.293 e. The van der Waals surface area contributed by atoms with E-state index in [1.165, 1.54) is 15.0 Å². The van der Waals surface area contributed by atoms with Crippen LogP contribution in [0.25, 0.3) is 15.9 Å². The molecule has 3 heterocycles. The molecule has 6 nitrogen and oxygen atoms in total. The van der Waals surface area contributed by atoms with Crippen LogP contribution in [-0.2, 0) is 12.8 Å². The molecule has 1 aliphatic carbocycles. The molecule has 0 saturated heterocycles. The number of hydrogen-bond donors (Lipinski definition) is 2. The highest BCUT2D eigenvalue weighted by atomic mass is 32.1. The number of nitrogen functional groups attached to an aromatic ring is 1. The van der Waals surface area contributed by atoms with Gasteiger partial charge in [-0.05, 0) is 48.3 Å². The van der Waals surface area contributed by atoms with Gasteiger partial charge in [-0.2, -0.15) is 0 Å². The van der Waals surface area contributed by atoms with Crippen molar-refractivity contribution in [3.8, 4) is 5.69 Å². The van der Waals surface area contributed by atoms with Gasteiger partial charge in [-0.3, -0.25) is 15.2 Å². The van der Waals surface area contributed by atoms with Crippen LogP contribution in [0.1, 0.15) is 37.6 Å². The van der Waals surface area contributed by atoms with Gasteiger partial charge in [-0.25, -0.2) is 15.4 Å². The van der Waals surface area contributed by atoms with Crippen LogP contribution in [0.4, 0.5) is 5.95 Å². The highest BCUT2D eigenvalue weighted by Crippen LogP contribution is 2.42. The number of anilines is 1. The standard InChI is InChI=1S/C19H23N5OS/c1-19(2,3)11-6-7-13-14(9-11)26-16-15(13)17(25)24(18(22-16)23-20)12-5-4-8-21-10-12/h4-5,8,10-11H,6-7,9,20H2,1-3H3,(H,22,23). The van der Waals surface area contributed by atoms with Crippen LogP contribution in [0.5, 0.6) is 0 Å². The van der Waals surface area contributed by atoms with Crippen LogP contribution in [0.15, 0.2) is 29.3 Å². The van der Waals surface area contributed by atoms with Crippen LogP contribution >= 0.6 is 11.3 Å². The fourth-order valence-corrected chi connectivity index (χ4v) is 5.08. The Kier molecular flexibility index (Phi) is 4.08. The summed E-state index contributed by atoms with van der Waals surface area (Å²) in [6.45, 7) is 6.88. The third kappa shape index (κ3) is 2.71. The molecule has 0 fully saturated rings. The molecule has 0 spiro atoms. The summed E-state index contributed by atoms with van der Waals surface area (Å²) in [7, 11) is 0. The van der Waals surface area contributed by atoms with Gasteiger partial charge in [0.1, 0.15) is 4.83 Å². The topological polar surface area (TPSA) is 85.8 Å². The number of rotatable bonds is 2. The van der Waals surface area contributed by atoms with Crippen LogP contribution in [0.2, 0.25) is 0 Å². The summed E-state index contributed by atoms with van der Waals surface area (Å²) in [5, 5.41) is 0.736. The first-order valence-electron chi connectivity index (χ1n) is 8.84. The number of nitrogens with zero attached hydrogens (tertiary/aromatic N) is 3. The SMILES string of the molecule is CC(C)(C)C1CCc2c(sc3nc(NN)n(-c4cccnc4)c(=O)c23)C1. The predicted octanol–water partition coefficient (Wildman–Crippen LogP) is 3.28. The average molecular weight is 369 g/mol. The lowest BCUT2D eigenvalue weighted by atomic mass is 9.72. The van der Waals surface area contributed by atoms with Crippen molar-refractivity contribution in [2.45, 2.75) is 40.0 Å². The molecule has 7 heteroatoms. The summed E-state index contributed by atoms with van der Waals surface area (Å²) in [4.78, 5) is 24.1. The zero-order chi connectivity index (χ0) is 18.5. The Bertz CT molecular complexity index is 1020. The first-order chi connectivity index (χ1) is 12.4. The normalized spacial score (nSPS) is 17.3. The van der Waals surface area contributed by atoms with Crippen molar-refractivity contribution in [3.63, 3.8) is 0 Å². The minimum atomic E-state index is -0.0809. The van der Waals surface area contributed by atoms with E-state index in [0.29, 0.717) is 17.6 Å². The molecule has 0 saturated carbocycles. The summed E-state index contributed by atoms with van der Waals surface area (Å²) >= 11 is 1.63. The van der Waals surface area contributed by atoms with Crippen LogP contribution < -0.4 is 16.8 Å². The van der Waals surface area contributed by atoms with Crippen molar-refractivity contribution in [2.24, 2.45) is 17.2 Å². The number of thiophene rings is 1. The van der Waals surface area contributed by atoms with Crippen molar-refractivity contribution in [1.82, 2.24) is 14.5 Å². The first kappa shape index (κ1) is 17.2. The first-order valence-corrected chi connectivity index (χ1v) is 9.66. The van der Waals surface area contributed by atoms with Gasteiger partial charge < -0.3 is 0 Å². The molecule has 26 heavy (non-hydrogen) atoms. The molecule has 136 valence electrons. The number of aromatic nitrogens is 3. The van der Waals surface area contributed by atoms with E-state index in [4.69, 9.17) is 5.84 Å². The van der Waals surface area contributed by atoms with E-state index < -0.39 is 0 Å². The molecule has 1 unspecified atom stereocenters. The van der Waals surface area contributed by atoms with Crippen molar-refractivity contribution in [3.05, 3.63) is 45.3 Å². The van der Waals surface area contributed by atoms with E-state index in [1.54, 1.807) is 29.8 Å². The van der Waals surface area contributed by atoms with E-state index in [1.807, 2.05) is 6.07 Å². The fourth-order valence-electron chi connectivity index (χ4n) is 3.79. The van der Waals surface area contributed by atoms with Gasteiger partial charge in [-0.15, -0.1) is 11.3 Å². The zero-order valence-corrected chi connectivity index (χ0v) is 16.1. The summed E-state index contributed by atoms with van der Waals surface area (Å²) in [6, 6.07) is 3.63.